The highest BCUT2D eigenvalue weighted by atomic mass is 32.1. The van der Waals surface area contributed by atoms with Crippen LogP contribution in [0.4, 0.5) is 17.3 Å². The zero-order chi connectivity index (χ0) is 33.5. The number of rotatable bonds is 3. The van der Waals surface area contributed by atoms with E-state index >= 15 is 0 Å². The number of hydrogen-bond acceptors (Lipinski definition) is 4. The van der Waals surface area contributed by atoms with Crippen molar-refractivity contribution >= 4 is 43.1 Å². The Bertz CT molecular complexity index is 1380. The van der Waals surface area contributed by atoms with Crippen LogP contribution in [0.5, 0.6) is 0 Å². The smallest absolute Gasteiger partial charge is 0.495 e. The molecule has 0 unspecified atom stereocenters. The maximum Gasteiger partial charge on any atom is 0.673 e. The minimum Gasteiger partial charge on any atom is -0.495 e. The van der Waals surface area contributed by atoms with Gasteiger partial charge in [0.15, 0.2) is 0 Å². The summed E-state index contributed by atoms with van der Waals surface area (Å²) in [5.74, 6) is 2.24. The van der Waals surface area contributed by atoms with Gasteiger partial charge in [0.05, 0.1) is 23.2 Å². The second-order valence-corrected chi connectivity index (χ2v) is 16.4. The second kappa shape index (κ2) is 12.6. The number of halogens is 4. The Labute approximate surface area is 264 Å². The molecule has 3 nitrogen and oxygen atoms in total. The van der Waals surface area contributed by atoms with Crippen molar-refractivity contribution in [2.45, 2.75) is 93.9 Å². The molecule has 0 saturated carbocycles. The molecule has 1 aromatic heterocycles. The van der Waals surface area contributed by atoms with Gasteiger partial charge in [-0.2, -0.15) is 0 Å². The monoisotopic (exact) mass is 640 g/mol. The molecule has 0 bridgehead atoms. The lowest BCUT2D eigenvalue weighted by Crippen LogP contribution is -2.24. The number of Topliss-reactive ketones (excluding diaryl/α,β-unsaturated/α-hetero) is 1. The predicted octanol–water partition coefficient (Wildman–Crippen LogP) is 10.9. The molecular formula is C33H45BF4O3S2. The molecular weight excluding hydrogens is 595 g/mol. The van der Waals surface area contributed by atoms with Crippen molar-refractivity contribution < 1.29 is 31.5 Å². The van der Waals surface area contributed by atoms with E-state index in [1.807, 2.05) is 29.6 Å². The van der Waals surface area contributed by atoms with Crippen molar-refractivity contribution in [2.75, 3.05) is 7.11 Å². The summed E-state index contributed by atoms with van der Waals surface area (Å²) in [5, 5.41) is 0. The van der Waals surface area contributed by atoms with E-state index in [9.17, 15) is 22.1 Å². The van der Waals surface area contributed by atoms with Crippen LogP contribution in [0.15, 0.2) is 63.2 Å². The first-order chi connectivity index (χ1) is 19.1. The zero-order valence-corrected chi connectivity index (χ0v) is 29.3. The van der Waals surface area contributed by atoms with E-state index in [0.717, 1.165) is 27.6 Å². The fourth-order valence-corrected chi connectivity index (χ4v) is 5.85. The normalized spacial score (nSPS) is 18.7. The van der Waals surface area contributed by atoms with Gasteiger partial charge in [-0.25, -0.2) is 0 Å². The molecule has 10 heteroatoms. The van der Waals surface area contributed by atoms with Crippen molar-refractivity contribution in [2.24, 2.45) is 10.8 Å². The Balaban J connectivity index is 0.00000119. The van der Waals surface area contributed by atoms with Crippen LogP contribution in [-0.2, 0) is 25.1 Å². The summed E-state index contributed by atoms with van der Waals surface area (Å²) in [6.45, 7) is 26.0. The predicted molar refractivity (Wildman–Crippen MR) is 176 cm³/mol. The van der Waals surface area contributed by atoms with Crippen molar-refractivity contribution in [1.82, 2.24) is 0 Å². The average Bonchev–Trinajstić information content (AvgIpc) is 2.80. The number of methoxy groups -OCH3 is 1. The summed E-state index contributed by atoms with van der Waals surface area (Å²) in [7, 11) is -4.37. The summed E-state index contributed by atoms with van der Waals surface area (Å²) in [6, 6.07) is 4.40. The van der Waals surface area contributed by atoms with Crippen molar-refractivity contribution in [3.8, 4) is 0 Å². The zero-order valence-electron chi connectivity index (χ0n) is 27.6. The van der Waals surface area contributed by atoms with Crippen molar-refractivity contribution in [3.63, 3.8) is 0 Å². The van der Waals surface area contributed by atoms with Gasteiger partial charge in [-0.05, 0) is 29.4 Å². The van der Waals surface area contributed by atoms with E-state index in [4.69, 9.17) is 22.1 Å². The Hall–Kier alpha value is -2.33. The number of ketones is 1. The first-order valence-electron chi connectivity index (χ1n) is 14.1. The Kier molecular flexibility index (Phi) is 10.8. The van der Waals surface area contributed by atoms with E-state index < -0.39 is 7.25 Å². The van der Waals surface area contributed by atoms with E-state index in [2.05, 4.69) is 95.2 Å². The maximum absolute atomic E-state index is 13.5. The van der Waals surface area contributed by atoms with Gasteiger partial charge in [0.25, 0.3) is 0 Å². The Morgan fingerprint density at radius 2 is 1.28 bits per heavy atom. The molecule has 0 N–H and O–H groups in total. The number of carbonyl (C=O) groups excluding carboxylic acids is 1. The average molecular weight is 641 g/mol. The third-order valence-corrected chi connectivity index (χ3v) is 8.86. The van der Waals surface area contributed by atoms with Crippen LogP contribution in [-0.4, -0.2) is 20.1 Å². The summed E-state index contributed by atoms with van der Waals surface area (Å²) in [6.07, 6.45) is 5.87. The van der Waals surface area contributed by atoms with E-state index in [1.54, 1.807) is 7.11 Å². The largest absolute Gasteiger partial charge is 0.673 e. The van der Waals surface area contributed by atoms with Crippen LogP contribution in [0.25, 0.3) is 6.08 Å². The summed E-state index contributed by atoms with van der Waals surface area (Å²) in [4.78, 5) is 16.8. The Morgan fingerprint density at radius 3 is 1.65 bits per heavy atom. The summed E-state index contributed by atoms with van der Waals surface area (Å²) in [5.41, 5.74) is 2.64. The highest BCUT2D eigenvalue weighted by molar-refractivity contribution is 7.84. The van der Waals surface area contributed by atoms with Crippen LogP contribution in [0.3, 0.4) is 0 Å². The molecule has 2 aliphatic rings. The van der Waals surface area contributed by atoms with E-state index in [0.29, 0.717) is 16.9 Å². The number of carbonyl (C=O) groups is 1. The highest BCUT2D eigenvalue weighted by Crippen LogP contribution is 2.45. The molecule has 43 heavy (non-hydrogen) atoms. The molecule has 0 fully saturated rings. The fourth-order valence-electron chi connectivity index (χ4n) is 4.10. The number of thiol groups is 1. The van der Waals surface area contributed by atoms with Crippen LogP contribution in [0.1, 0.15) is 98.4 Å². The van der Waals surface area contributed by atoms with Crippen LogP contribution >= 0.6 is 24.0 Å². The molecule has 0 spiro atoms. The van der Waals surface area contributed by atoms with Crippen LogP contribution in [0, 0.1) is 10.8 Å². The molecule has 0 atom stereocenters. The van der Waals surface area contributed by atoms with Crippen molar-refractivity contribution in [3.05, 3.63) is 78.5 Å². The molecule has 0 radical (unpaired) electrons. The maximum atomic E-state index is 13.5. The van der Waals surface area contributed by atoms with Crippen LogP contribution in [0.2, 0.25) is 0 Å². The lowest BCUT2D eigenvalue weighted by atomic mass is 9.83. The van der Waals surface area contributed by atoms with Crippen LogP contribution < -0.4 is 0 Å². The Morgan fingerprint density at radius 1 is 0.814 bits per heavy atom. The third-order valence-electron chi connectivity index (χ3n) is 6.49. The van der Waals surface area contributed by atoms with Gasteiger partial charge in [-0.15, -0.1) is 12.6 Å². The van der Waals surface area contributed by atoms with Gasteiger partial charge in [-0.1, -0.05) is 83.1 Å². The number of allylic oxidation sites excluding steroid dienone is 7. The summed E-state index contributed by atoms with van der Waals surface area (Å²) < 4.78 is 51.1. The summed E-state index contributed by atoms with van der Waals surface area (Å²) >= 11 is 6.68. The lowest BCUT2D eigenvalue weighted by Gasteiger charge is -2.34. The van der Waals surface area contributed by atoms with Crippen molar-refractivity contribution in [1.29, 1.82) is 0 Å². The molecule has 1 aromatic rings. The molecule has 2 heterocycles. The quantitative estimate of drug-likeness (QED) is 0.117. The van der Waals surface area contributed by atoms with Gasteiger partial charge >= 0.3 is 7.25 Å². The molecule has 1 aliphatic carbocycles. The van der Waals surface area contributed by atoms with Gasteiger partial charge in [-0.3, -0.25) is 4.79 Å². The second-order valence-electron chi connectivity index (χ2n) is 14.8. The molecule has 1 aliphatic heterocycles. The minimum absolute atomic E-state index is 0.0124. The van der Waals surface area contributed by atoms with Gasteiger partial charge < -0.3 is 26.7 Å². The number of ether oxygens (including phenoxy) is 2. The molecule has 238 valence electrons. The topological polar surface area (TPSA) is 35.5 Å². The standard InChI is InChI=1S/C33H44O3S2.BF4/c1-30(2,3)23-18-20(28(37)29(36-23)33(10,11)12)17-22-26(34)21(27(22)35-13)14-19-15-24(31(4,5)6)38-25(16-19)32(7,8)9;2-1(3,4)5/h14-18H,1-13H3;/q;-1/p+1. The molecule has 0 saturated heterocycles. The first kappa shape index (κ1) is 36.9. The lowest BCUT2D eigenvalue weighted by molar-refractivity contribution is -0.113. The number of hydrogen-bond donors (Lipinski definition) is 1. The minimum atomic E-state index is -6.00. The highest BCUT2D eigenvalue weighted by Gasteiger charge is 2.37. The van der Waals surface area contributed by atoms with E-state index in [-0.39, 0.29) is 27.4 Å². The van der Waals surface area contributed by atoms with Gasteiger partial charge in [0.2, 0.25) is 26.9 Å². The molecule has 0 aromatic carbocycles. The SMILES string of the molecule is COC1=C(C=C2C=C(C(C)(C)C)OC(C(C)(C)C)=C2S)C(=O)C1=Cc1cc(C(C)(C)C)[s+]c(C(C)(C)C)c1.F[B-](F)(F)F. The first-order valence-corrected chi connectivity index (χ1v) is 15.4. The molecule has 3 rings (SSSR count). The third kappa shape index (κ3) is 9.83. The van der Waals surface area contributed by atoms with Gasteiger partial charge in [0.1, 0.15) is 17.3 Å². The van der Waals surface area contributed by atoms with Gasteiger partial charge in [0, 0.05) is 33.8 Å². The molecule has 0 amide bonds. The fraction of sp³-hybridized carbons (Fsp3) is 0.515. The van der Waals surface area contributed by atoms with E-state index in [1.165, 1.54) is 9.75 Å².